The lowest BCUT2D eigenvalue weighted by Crippen LogP contribution is -2.29. The Morgan fingerprint density at radius 3 is 2.60 bits per heavy atom. The van der Waals surface area contributed by atoms with Gasteiger partial charge < -0.3 is 29.2 Å². The number of nitro benzene ring substituents is 1. The van der Waals surface area contributed by atoms with Crippen molar-refractivity contribution >= 4 is 39.9 Å². The summed E-state index contributed by atoms with van der Waals surface area (Å²) in [5.74, 6) is -0.0145. The van der Waals surface area contributed by atoms with Gasteiger partial charge in [-0.15, -0.1) is 0 Å². The number of ether oxygens (including phenoxy) is 2. The SMILES string of the molecule is CCC(C)OC(=O)c1cnc(Nc2cc([N+](=O)[O-])c(N(C)CCN(C)C)cc2OC)nc1-c1cn(C)c2ccccc12. The summed E-state index contributed by atoms with van der Waals surface area (Å²) in [6.07, 6.45) is 3.70. The average Bonchev–Trinajstić information content (AvgIpc) is 3.31. The minimum atomic E-state index is -0.530. The maximum Gasteiger partial charge on any atom is 0.342 e. The molecule has 0 aliphatic heterocycles. The van der Waals surface area contributed by atoms with Crippen molar-refractivity contribution in [1.82, 2.24) is 19.4 Å². The van der Waals surface area contributed by atoms with Crippen LogP contribution in [0.25, 0.3) is 22.2 Å². The van der Waals surface area contributed by atoms with E-state index in [4.69, 9.17) is 14.5 Å². The molecule has 4 aromatic rings. The second-order valence-corrected chi connectivity index (χ2v) is 10.4. The monoisotopic (exact) mass is 575 g/mol. The van der Waals surface area contributed by atoms with Gasteiger partial charge in [0.05, 0.1) is 29.5 Å². The normalized spacial score (nSPS) is 11.9. The molecule has 0 spiro atoms. The van der Waals surface area contributed by atoms with Crippen LogP contribution < -0.4 is 15.0 Å². The molecule has 222 valence electrons. The number of para-hydroxylation sites is 1. The number of aryl methyl sites for hydroxylation is 1. The third kappa shape index (κ3) is 6.44. The van der Waals surface area contributed by atoms with E-state index in [1.54, 1.807) is 13.1 Å². The van der Waals surface area contributed by atoms with Gasteiger partial charge in [0.25, 0.3) is 5.69 Å². The molecular formula is C30H37N7O5. The number of carbonyl (C=O) groups is 1. The third-order valence-electron chi connectivity index (χ3n) is 7.08. The number of methoxy groups -OCH3 is 1. The molecule has 0 amide bonds. The maximum atomic E-state index is 13.2. The first-order valence-corrected chi connectivity index (χ1v) is 13.7. The molecule has 0 saturated heterocycles. The third-order valence-corrected chi connectivity index (χ3v) is 7.08. The predicted octanol–water partition coefficient (Wildman–Crippen LogP) is 5.25. The van der Waals surface area contributed by atoms with Gasteiger partial charge in [0, 0.05) is 68.2 Å². The lowest BCUT2D eigenvalue weighted by molar-refractivity contribution is -0.384. The van der Waals surface area contributed by atoms with E-state index in [1.807, 2.05) is 79.8 Å². The Labute approximate surface area is 245 Å². The molecule has 12 heteroatoms. The van der Waals surface area contributed by atoms with Crippen LogP contribution in [0, 0.1) is 10.1 Å². The highest BCUT2D eigenvalue weighted by molar-refractivity contribution is 6.03. The molecule has 2 aromatic carbocycles. The lowest BCUT2D eigenvalue weighted by atomic mass is 10.1. The molecule has 2 aromatic heterocycles. The van der Waals surface area contributed by atoms with Gasteiger partial charge in [0.1, 0.15) is 17.0 Å². The number of nitrogens with zero attached hydrogens (tertiary/aromatic N) is 6. The number of carbonyl (C=O) groups excluding carboxylic acids is 1. The van der Waals surface area contributed by atoms with Crippen LogP contribution in [-0.4, -0.2) is 77.8 Å². The highest BCUT2D eigenvalue weighted by atomic mass is 16.6. The molecule has 12 nitrogen and oxygen atoms in total. The lowest BCUT2D eigenvalue weighted by Gasteiger charge is -2.22. The summed E-state index contributed by atoms with van der Waals surface area (Å²) < 4.78 is 13.2. The zero-order chi connectivity index (χ0) is 30.6. The summed E-state index contributed by atoms with van der Waals surface area (Å²) in [6, 6.07) is 10.8. The highest BCUT2D eigenvalue weighted by Gasteiger charge is 2.25. The number of rotatable bonds is 12. The second-order valence-electron chi connectivity index (χ2n) is 10.4. The van der Waals surface area contributed by atoms with Gasteiger partial charge in [0.15, 0.2) is 0 Å². The molecule has 1 unspecified atom stereocenters. The first kappa shape index (κ1) is 30.3. The summed E-state index contributed by atoms with van der Waals surface area (Å²) in [7, 11) is 9.10. The van der Waals surface area contributed by atoms with E-state index in [0.29, 0.717) is 42.3 Å². The number of benzene rings is 2. The van der Waals surface area contributed by atoms with Crippen LogP contribution in [0.1, 0.15) is 30.6 Å². The Balaban J connectivity index is 1.80. The van der Waals surface area contributed by atoms with Crippen molar-refractivity contribution in [2.24, 2.45) is 7.05 Å². The molecule has 0 aliphatic carbocycles. The number of hydrogen-bond donors (Lipinski definition) is 1. The van der Waals surface area contributed by atoms with E-state index in [9.17, 15) is 14.9 Å². The molecule has 42 heavy (non-hydrogen) atoms. The summed E-state index contributed by atoms with van der Waals surface area (Å²) >= 11 is 0. The second kappa shape index (κ2) is 12.9. The van der Waals surface area contributed by atoms with Crippen molar-refractivity contribution in [3.05, 3.63) is 64.5 Å². The first-order valence-electron chi connectivity index (χ1n) is 13.7. The number of nitro groups is 1. The van der Waals surface area contributed by atoms with E-state index in [1.165, 1.54) is 19.4 Å². The topological polar surface area (TPSA) is 128 Å². The van der Waals surface area contributed by atoms with E-state index in [2.05, 4.69) is 10.3 Å². The van der Waals surface area contributed by atoms with Gasteiger partial charge in [-0.25, -0.2) is 14.8 Å². The van der Waals surface area contributed by atoms with Crippen LogP contribution >= 0.6 is 0 Å². The Morgan fingerprint density at radius 1 is 1.19 bits per heavy atom. The van der Waals surface area contributed by atoms with E-state index >= 15 is 0 Å². The number of esters is 1. The maximum absolute atomic E-state index is 13.2. The predicted molar refractivity (Wildman–Crippen MR) is 164 cm³/mol. The van der Waals surface area contributed by atoms with Crippen molar-refractivity contribution in [3.8, 4) is 17.0 Å². The van der Waals surface area contributed by atoms with Crippen LogP contribution in [0.2, 0.25) is 0 Å². The fourth-order valence-electron chi connectivity index (χ4n) is 4.52. The standard InChI is InChI=1S/C30H37N7O5/c1-8-19(2)42-29(38)21-17-31-30(33-28(21)22-18-36(6)24-12-10-9-11-20(22)24)32-23-15-26(37(39)40)25(16-27(23)41-7)35(5)14-13-34(3)4/h9-12,15-19H,8,13-14H2,1-7H3,(H,31,32,33). The molecule has 4 rings (SSSR count). The number of likely N-dealkylation sites (N-methyl/N-ethyl adjacent to an activating group) is 2. The number of nitrogens with one attached hydrogen (secondary N) is 1. The number of fused-ring (bicyclic) bond motifs is 1. The van der Waals surface area contributed by atoms with E-state index < -0.39 is 10.9 Å². The van der Waals surface area contributed by atoms with Crippen molar-refractivity contribution in [2.75, 3.05) is 51.6 Å². The van der Waals surface area contributed by atoms with Gasteiger partial charge in [-0.3, -0.25) is 10.1 Å². The number of aromatic nitrogens is 3. The van der Waals surface area contributed by atoms with Crippen molar-refractivity contribution in [2.45, 2.75) is 26.4 Å². The summed E-state index contributed by atoms with van der Waals surface area (Å²) in [5, 5.41) is 16.1. The molecule has 0 bridgehead atoms. The molecule has 0 radical (unpaired) electrons. The molecule has 1 N–H and O–H groups in total. The molecule has 1 atom stereocenters. The summed E-state index contributed by atoms with van der Waals surface area (Å²) in [6.45, 7) is 5.06. The number of hydrogen-bond acceptors (Lipinski definition) is 10. The van der Waals surface area contributed by atoms with E-state index in [-0.39, 0.29) is 23.3 Å². The average molecular weight is 576 g/mol. The van der Waals surface area contributed by atoms with Gasteiger partial charge in [-0.2, -0.15) is 0 Å². The Hall–Kier alpha value is -4.71. The smallest absolute Gasteiger partial charge is 0.342 e. The minimum Gasteiger partial charge on any atom is -0.494 e. The largest absolute Gasteiger partial charge is 0.494 e. The fourth-order valence-corrected chi connectivity index (χ4v) is 4.52. The summed E-state index contributed by atoms with van der Waals surface area (Å²) in [5.41, 5.74) is 2.93. The first-order chi connectivity index (χ1) is 20.0. The van der Waals surface area contributed by atoms with Gasteiger partial charge in [0.2, 0.25) is 5.95 Å². The quantitative estimate of drug-likeness (QED) is 0.136. The molecular weight excluding hydrogens is 538 g/mol. The highest BCUT2D eigenvalue weighted by Crippen LogP contribution is 2.39. The Morgan fingerprint density at radius 2 is 1.93 bits per heavy atom. The van der Waals surface area contributed by atoms with Gasteiger partial charge in [-0.1, -0.05) is 25.1 Å². The van der Waals surface area contributed by atoms with Crippen LogP contribution in [0.3, 0.4) is 0 Å². The minimum absolute atomic E-state index is 0.0948. The van der Waals surface area contributed by atoms with Gasteiger partial charge in [-0.05, 0) is 33.5 Å². The molecule has 0 saturated carbocycles. The van der Waals surface area contributed by atoms with Crippen LogP contribution in [0.15, 0.2) is 48.8 Å². The van der Waals surface area contributed by atoms with Crippen molar-refractivity contribution in [3.63, 3.8) is 0 Å². The fraction of sp³-hybridized carbons (Fsp3) is 0.367. The Kier molecular flexibility index (Phi) is 9.26. The molecule has 0 aliphatic rings. The summed E-state index contributed by atoms with van der Waals surface area (Å²) in [4.78, 5) is 37.8. The van der Waals surface area contributed by atoms with Crippen molar-refractivity contribution in [1.29, 1.82) is 0 Å². The van der Waals surface area contributed by atoms with Crippen LogP contribution in [0.5, 0.6) is 5.75 Å². The Bertz CT molecular complexity index is 1600. The zero-order valence-corrected chi connectivity index (χ0v) is 25.0. The van der Waals surface area contributed by atoms with Gasteiger partial charge >= 0.3 is 5.97 Å². The zero-order valence-electron chi connectivity index (χ0n) is 25.0. The van der Waals surface area contributed by atoms with Crippen LogP contribution in [-0.2, 0) is 11.8 Å². The number of anilines is 3. The van der Waals surface area contributed by atoms with Crippen LogP contribution in [0.4, 0.5) is 23.0 Å². The molecule has 0 fully saturated rings. The van der Waals surface area contributed by atoms with Crippen molar-refractivity contribution < 1.29 is 19.2 Å². The molecule has 2 heterocycles. The van der Waals surface area contributed by atoms with E-state index in [0.717, 1.165) is 16.5 Å².